The normalized spacial score (nSPS) is 14.5. The van der Waals surface area contributed by atoms with Gasteiger partial charge in [0.2, 0.25) is 5.91 Å². The van der Waals surface area contributed by atoms with E-state index >= 15 is 0 Å². The number of furan rings is 1. The molecule has 2 amide bonds. The molecule has 5 rings (SSSR count). The maximum absolute atomic E-state index is 13.1. The number of fused-ring (bicyclic) bond motifs is 1. The molecule has 200 valence electrons. The van der Waals surface area contributed by atoms with Gasteiger partial charge >= 0.3 is 0 Å². The number of nitrogens with zero attached hydrogens (tertiary/aromatic N) is 1. The predicted molar refractivity (Wildman–Crippen MR) is 146 cm³/mol. The van der Waals surface area contributed by atoms with Crippen molar-refractivity contribution in [3.8, 4) is 5.75 Å². The number of rotatable bonds is 8. The number of aryl methyl sites for hydroxylation is 1. The van der Waals surface area contributed by atoms with Crippen LogP contribution in [-0.2, 0) is 24.4 Å². The van der Waals surface area contributed by atoms with E-state index in [9.17, 15) is 14.0 Å². The molecular formula is C32H31FN2O4. The fourth-order valence-electron chi connectivity index (χ4n) is 4.87. The molecule has 2 heterocycles. The average Bonchev–Trinajstić information content (AvgIpc) is 3.44. The lowest BCUT2D eigenvalue weighted by atomic mass is 9.87. The van der Waals surface area contributed by atoms with Crippen LogP contribution in [0.25, 0.3) is 0 Å². The number of amides is 2. The van der Waals surface area contributed by atoms with Crippen molar-refractivity contribution in [1.29, 1.82) is 0 Å². The molecule has 1 aromatic heterocycles. The minimum absolute atomic E-state index is 0.123. The molecule has 0 aliphatic carbocycles. The molecule has 0 bridgehead atoms. The lowest BCUT2D eigenvalue weighted by Gasteiger charge is -2.38. The van der Waals surface area contributed by atoms with Crippen molar-refractivity contribution < 1.29 is 23.1 Å². The van der Waals surface area contributed by atoms with Gasteiger partial charge in [-0.3, -0.25) is 9.59 Å². The van der Waals surface area contributed by atoms with Crippen molar-refractivity contribution in [2.24, 2.45) is 0 Å². The summed E-state index contributed by atoms with van der Waals surface area (Å²) in [7, 11) is 0. The second kappa shape index (κ2) is 11.6. The molecule has 1 N–H and O–H groups in total. The van der Waals surface area contributed by atoms with Gasteiger partial charge < -0.3 is 19.4 Å². The first-order chi connectivity index (χ1) is 18.9. The molecule has 0 spiro atoms. The number of carbonyl (C=O) groups excluding carboxylic acids is 2. The lowest BCUT2D eigenvalue weighted by Crippen LogP contribution is -2.40. The molecule has 1 atom stereocenters. The van der Waals surface area contributed by atoms with Crippen LogP contribution >= 0.6 is 0 Å². The molecule has 4 aromatic rings. The zero-order valence-corrected chi connectivity index (χ0v) is 22.1. The van der Waals surface area contributed by atoms with Gasteiger partial charge in [0, 0.05) is 19.5 Å². The van der Waals surface area contributed by atoms with Crippen molar-refractivity contribution in [1.82, 2.24) is 10.2 Å². The second-order valence-corrected chi connectivity index (χ2v) is 9.73. The van der Waals surface area contributed by atoms with E-state index in [2.05, 4.69) is 42.6 Å². The van der Waals surface area contributed by atoms with Crippen molar-refractivity contribution >= 4 is 11.8 Å². The van der Waals surface area contributed by atoms with Crippen LogP contribution in [0.2, 0.25) is 0 Å². The summed E-state index contributed by atoms with van der Waals surface area (Å²) < 4.78 is 24.8. The highest BCUT2D eigenvalue weighted by Crippen LogP contribution is 2.37. The molecule has 0 saturated carbocycles. The Morgan fingerprint density at radius 2 is 1.79 bits per heavy atom. The van der Waals surface area contributed by atoms with Crippen LogP contribution in [0.15, 0.2) is 83.3 Å². The molecule has 1 aliphatic rings. The molecule has 0 fully saturated rings. The zero-order chi connectivity index (χ0) is 27.4. The maximum atomic E-state index is 13.1. The topological polar surface area (TPSA) is 71.8 Å². The van der Waals surface area contributed by atoms with Crippen molar-refractivity contribution in [3.63, 3.8) is 0 Å². The summed E-state index contributed by atoms with van der Waals surface area (Å²) in [6.45, 7) is 5.03. The lowest BCUT2D eigenvalue weighted by molar-refractivity contribution is -0.132. The smallest absolute Gasteiger partial charge is 0.287 e. The van der Waals surface area contributed by atoms with Crippen molar-refractivity contribution in [2.45, 2.75) is 45.9 Å². The van der Waals surface area contributed by atoms with Gasteiger partial charge in [-0.2, -0.15) is 0 Å². The Labute approximate surface area is 227 Å². The maximum Gasteiger partial charge on any atom is 0.287 e. The molecule has 1 aliphatic heterocycles. The minimum atomic E-state index is -0.360. The van der Waals surface area contributed by atoms with E-state index in [4.69, 9.17) is 9.15 Å². The monoisotopic (exact) mass is 526 g/mol. The Balaban J connectivity index is 1.28. The van der Waals surface area contributed by atoms with E-state index in [1.54, 1.807) is 24.3 Å². The highest BCUT2D eigenvalue weighted by atomic mass is 19.1. The molecule has 0 saturated heterocycles. The number of hydrogen-bond donors (Lipinski definition) is 1. The third-order valence-corrected chi connectivity index (χ3v) is 6.99. The number of ether oxygens (including phenoxy) is 1. The summed E-state index contributed by atoms with van der Waals surface area (Å²) in [6.07, 6.45) is 1.24. The number of halogens is 1. The Kier molecular flexibility index (Phi) is 7.77. The summed E-state index contributed by atoms with van der Waals surface area (Å²) in [5.41, 5.74) is 5.29. The van der Waals surface area contributed by atoms with E-state index in [0.717, 1.165) is 23.1 Å². The van der Waals surface area contributed by atoms with Gasteiger partial charge in [0.1, 0.15) is 23.9 Å². The van der Waals surface area contributed by atoms with Gasteiger partial charge in [-0.05, 0) is 72.0 Å². The van der Waals surface area contributed by atoms with Gasteiger partial charge in [-0.15, -0.1) is 0 Å². The highest BCUT2D eigenvalue weighted by Gasteiger charge is 2.31. The average molecular weight is 527 g/mol. The van der Waals surface area contributed by atoms with E-state index in [0.29, 0.717) is 24.5 Å². The SMILES string of the molecule is CCC(=O)N1CCc2ccc(OCc3ccc(C(=O)NCc4ccc(F)cc4)o3)cc2[C@@H]1c1ccc(C)cc1. The molecule has 6 nitrogen and oxygen atoms in total. The first-order valence-corrected chi connectivity index (χ1v) is 13.1. The number of hydrogen-bond acceptors (Lipinski definition) is 4. The third kappa shape index (κ3) is 6.03. The zero-order valence-electron chi connectivity index (χ0n) is 22.1. The molecule has 3 aromatic carbocycles. The third-order valence-electron chi connectivity index (χ3n) is 6.99. The fourth-order valence-corrected chi connectivity index (χ4v) is 4.87. The van der Waals surface area contributed by atoms with Gasteiger partial charge in [-0.1, -0.05) is 55.0 Å². The van der Waals surface area contributed by atoms with Crippen LogP contribution < -0.4 is 10.1 Å². The quantitative estimate of drug-likeness (QED) is 0.300. The minimum Gasteiger partial charge on any atom is -0.486 e. The van der Waals surface area contributed by atoms with Crippen LogP contribution in [0, 0.1) is 12.7 Å². The van der Waals surface area contributed by atoms with E-state index in [1.165, 1.54) is 23.3 Å². The molecule has 7 heteroatoms. The Morgan fingerprint density at radius 1 is 1.03 bits per heavy atom. The molecule has 39 heavy (non-hydrogen) atoms. The molecule has 0 radical (unpaired) electrons. The predicted octanol–water partition coefficient (Wildman–Crippen LogP) is 6.12. The van der Waals surface area contributed by atoms with Gasteiger partial charge in [0.05, 0.1) is 6.04 Å². The van der Waals surface area contributed by atoms with Gasteiger partial charge in [0.15, 0.2) is 5.76 Å². The van der Waals surface area contributed by atoms with Crippen LogP contribution in [0.3, 0.4) is 0 Å². The second-order valence-electron chi connectivity index (χ2n) is 9.73. The van der Waals surface area contributed by atoms with E-state index < -0.39 is 0 Å². The summed E-state index contributed by atoms with van der Waals surface area (Å²) in [5.74, 6) is 0.790. The summed E-state index contributed by atoms with van der Waals surface area (Å²) in [4.78, 5) is 27.3. The molecular weight excluding hydrogens is 495 g/mol. The summed E-state index contributed by atoms with van der Waals surface area (Å²) in [5, 5.41) is 2.77. The molecule has 0 unspecified atom stereocenters. The first-order valence-electron chi connectivity index (χ1n) is 13.1. The van der Waals surface area contributed by atoms with Crippen LogP contribution in [0.5, 0.6) is 5.75 Å². The Bertz CT molecular complexity index is 1460. The number of carbonyl (C=O) groups is 2. The summed E-state index contributed by atoms with van der Waals surface area (Å²) >= 11 is 0. The summed E-state index contributed by atoms with van der Waals surface area (Å²) in [6, 6.07) is 23.4. The van der Waals surface area contributed by atoms with Crippen LogP contribution in [-0.4, -0.2) is 23.3 Å². The van der Waals surface area contributed by atoms with Crippen molar-refractivity contribution in [3.05, 3.63) is 124 Å². The number of benzene rings is 3. The Morgan fingerprint density at radius 3 is 2.54 bits per heavy atom. The van der Waals surface area contributed by atoms with Gasteiger partial charge in [0.25, 0.3) is 5.91 Å². The van der Waals surface area contributed by atoms with Crippen LogP contribution in [0.4, 0.5) is 4.39 Å². The van der Waals surface area contributed by atoms with Gasteiger partial charge in [-0.25, -0.2) is 4.39 Å². The largest absolute Gasteiger partial charge is 0.486 e. The van der Waals surface area contributed by atoms with Crippen LogP contribution in [0.1, 0.15) is 63.5 Å². The fraction of sp³-hybridized carbons (Fsp3) is 0.250. The van der Waals surface area contributed by atoms with Crippen molar-refractivity contribution in [2.75, 3.05) is 6.54 Å². The first kappa shape index (κ1) is 26.2. The highest BCUT2D eigenvalue weighted by molar-refractivity contribution is 5.91. The number of nitrogens with one attached hydrogen (secondary N) is 1. The van der Waals surface area contributed by atoms with E-state index in [1.807, 2.05) is 24.0 Å². The standard InChI is InChI=1S/C32H31FN2O4/c1-3-30(36)35-17-16-23-10-13-26(18-28(23)31(35)24-8-4-21(2)5-9-24)38-20-27-14-15-29(39-27)32(37)34-19-22-6-11-25(33)12-7-22/h4-15,18,31H,3,16-17,19-20H2,1-2H3,(H,34,37)/t31-/m0/s1. The Hall–Kier alpha value is -4.39. The van der Waals surface area contributed by atoms with E-state index in [-0.39, 0.29) is 42.6 Å².